The summed E-state index contributed by atoms with van der Waals surface area (Å²) >= 11 is 0. The lowest BCUT2D eigenvalue weighted by atomic mass is 10.0. The maximum atomic E-state index is 12.4. The van der Waals surface area contributed by atoms with Gasteiger partial charge in [-0.25, -0.2) is 0 Å². The molecule has 0 saturated carbocycles. The number of benzene rings is 1. The molecule has 0 aromatic heterocycles. The van der Waals surface area contributed by atoms with Crippen molar-refractivity contribution in [1.82, 2.24) is 0 Å². The average molecular weight is 288 g/mol. The van der Waals surface area contributed by atoms with Gasteiger partial charge in [-0.1, -0.05) is 0 Å². The van der Waals surface area contributed by atoms with E-state index in [9.17, 15) is 27.9 Å². The molecule has 2 rings (SSSR count). The Kier molecular flexibility index (Phi) is 3.21. The zero-order chi connectivity index (χ0) is 15.1. The van der Waals surface area contributed by atoms with Crippen molar-refractivity contribution in [2.75, 3.05) is 11.4 Å². The highest BCUT2D eigenvalue weighted by Crippen LogP contribution is 2.32. The third kappa shape index (κ3) is 2.22. The van der Waals surface area contributed by atoms with Crippen molar-refractivity contribution in [2.24, 2.45) is 5.73 Å². The van der Waals surface area contributed by atoms with Crippen LogP contribution in [0.1, 0.15) is 12.0 Å². The van der Waals surface area contributed by atoms with Crippen LogP contribution in [0.3, 0.4) is 0 Å². The maximum Gasteiger partial charge on any atom is 0.416 e. The maximum absolute atomic E-state index is 12.4. The number of halogens is 3. The topological polar surface area (TPSA) is 83.6 Å². The van der Waals surface area contributed by atoms with E-state index < -0.39 is 29.2 Å². The van der Waals surface area contributed by atoms with Crippen molar-refractivity contribution in [2.45, 2.75) is 18.2 Å². The van der Waals surface area contributed by atoms with Crippen LogP contribution < -0.4 is 10.6 Å². The minimum Gasteiger partial charge on any atom is -0.372 e. The highest BCUT2D eigenvalue weighted by Gasteiger charge is 2.50. The van der Waals surface area contributed by atoms with Crippen LogP contribution in [0.5, 0.6) is 0 Å². The van der Waals surface area contributed by atoms with Gasteiger partial charge in [0.2, 0.25) is 5.60 Å². The number of amides is 2. The summed E-state index contributed by atoms with van der Waals surface area (Å²) in [7, 11) is 0. The van der Waals surface area contributed by atoms with Gasteiger partial charge in [-0.05, 0) is 24.3 Å². The molecule has 1 aromatic rings. The molecule has 3 N–H and O–H groups in total. The van der Waals surface area contributed by atoms with Crippen molar-refractivity contribution >= 4 is 17.5 Å². The number of anilines is 1. The number of aliphatic hydroxyl groups is 1. The molecule has 1 aliphatic heterocycles. The third-order valence-corrected chi connectivity index (χ3v) is 3.21. The van der Waals surface area contributed by atoms with Gasteiger partial charge in [-0.15, -0.1) is 0 Å². The molecule has 108 valence electrons. The fourth-order valence-corrected chi connectivity index (χ4v) is 2.01. The molecule has 1 atom stereocenters. The minimum absolute atomic E-state index is 0.00361. The van der Waals surface area contributed by atoms with Crippen LogP contribution in [0.4, 0.5) is 18.9 Å². The quantitative estimate of drug-likeness (QED) is 0.784. The van der Waals surface area contributed by atoms with Gasteiger partial charge in [0.1, 0.15) is 0 Å². The molecule has 0 spiro atoms. The molecule has 0 unspecified atom stereocenters. The summed E-state index contributed by atoms with van der Waals surface area (Å²) in [5, 5.41) is 9.81. The van der Waals surface area contributed by atoms with Gasteiger partial charge >= 0.3 is 6.18 Å². The molecule has 2 amide bonds. The second-order valence-corrected chi connectivity index (χ2v) is 4.48. The molecule has 20 heavy (non-hydrogen) atoms. The zero-order valence-electron chi connectivity index (χ0n) is 10.1. The summed E-state index contributed by atoms with van der Waals surface area (Å²) in [6.07, 6.45) is -4.66. The van der Waals surface area contributed by atoms with Crippen LogP contribution in [0, 0.1) is 0 Å². The molecular formula is C12H11F3N2O3. The van der Waals surface area contributed by atoms with E-state index >= 15 is 0 Å². The summed E-state index contributed by atoms with van der Waals surface area (Å²) in [5.74, 6) is -2.10. The molecule has 1 aromatic carbocycles. The summed E-state index contributed by atoms with van der Waals surface area (Å²) < 4.78 is 37.3. The normalized spacial score (nSPS) is 23.2. The van der Waals surface area contributed by atoms with E-state index in [1.165, 1.54) is 0 Å². The van der Waals surface area contributed by atoms with Gasteiger partial charge in [0, 0.05) is 18.7 Å². The van der Waals surface area contributed by atoms with Gasteiger partial charge in [0.05, 0.1) is 5.56 Å². The summed E-state index contributed by atoms with van der Waals surface area (Å²) in [5.41, 5.74) is 1.99. The molecule has 1 fully saturated rings. The molecule has 5 nitrogen and oxygen atoms in total. The SMILES string of the molecule is NC(=O)[C@]1(O)CCN(c2ccc(C(F)(F)F)cc2)C1=O. The second-order valence-electron chi connectivity index (χ2n) is 4.48. The standard InChI is InChI=1S/C12H11F3N2O3/c13-12(14,15)7-1-3-8(4-2-7)17-6-5-11(20,9(16)18)10(17)19/h1-4,20H,5-6H2,(H2,16,18)/t11-/m1/s1. The van der Waals surface area contributed by atoms with Gasteiger partial charge in [-0.3, -0.25) is 9.59 Å². The summed E-state index contributed by atoms with van der Waals surface area (Å²) in [6.45, 7) is 0.00361. The number of carbonyl (C=O) groups excluding carboxylic acids is 2. The molecule has 1 heterocycles. The smallest absolute Gasteiger partial charge is 0.372 e. The van der Waals surface area contributed by atoms with Crippen LogP contribution in [0.2, 0.25) is 0 Å². The number of carbonyl (C=O) groups is 2. The Morgan fingerprint density at radius 3 is 2.25 bits per heavy atom. The zero-order valence-corrected chi connectivity index (χ0v) is 10.1. The van der Waals surface area contributed by atoms with Gasteiger partial charge < -0.3 is 15.7 Å². The number of rotatable bonds is 2. The monoisotopic (exact) mass is 288 g/mol. The van der Waals surface area contributed by atoms with Crippen LogP contribution in [-0.4, -0.2) is 29.1 Å². The Labute approximate surface area is 111 Å². The highest BCUT2D eigenvalue weighted by molar-refractivity contribution is 6.15. The van der Waals surface area contributed by atoms with E-state index in [-0.39, 0.29) is 18.7 Å². The van der Waals surface area contributed by atoms with E-state index in [4.69, 9.17) is 5.73 Å². The predicted molar refractivity (Wildman–Crippen MR) is 62.6 cm³/mol. The molecular weight excluding hydrogens is 277 g/mol. The number of nitrogens with zero attached hydrogens (tertiary/aromatic N) is 1. The van der Waals surface area contributed by atoms with Crippen LogP contribution >= 0.6 is 0 Å². The molecule has 8 heteroatoms. The average Bonchev–Trinajstić information content (AvgIpc) is 2.67. The van der Waals surface area contributed by atoms with Crippen LogP contribution in [0.15, 0.2) is 24.3 Å². The fourth-order valence-electron chi connectivity index (χ4n) is 2.01. The Hall–Kier alpha value is -2.09. The Balaban J connectivity index is 2.26. The van der Waals surface area contributed by atoms with E-state index in [0.29, 0.717) is 0 Å². The Morgan fingerprint density at radius 1 is 1.30 bits per heavy atom. The first-order valence-electron chi connectivity index (χ1n) is 5.68. The lowest BCUT2D eigenvalue weighted by Gasteiger charge is -2.20. The molecule has 0 bridgehead atoms. The van der Waals surface area contributed by atoms with Crippen LogP contribution in [0.25, 0.3) is 0 Å². The van der Waals surface area contributed by atoms with Gasteiger partial charge in [-0.2, -0.15) is 13.2 Å². The lowest BCUT2D eigenvalue weighted by molar-refractivity contribution is -0.147. The van der Waals surface area contributed by atoms with Crippen LogP contribution in [-0.2, 0) is 15.8 Å². The van der Waals surface area contributed by atoms with Crippen molar-refractivity contribution in [3.8, 4) is 0 Å². The second kappa shape index (κ2) is 4.48. The largest absolute Gasteiger partial charge is 0.416 e. The number of hydrogen-bond donors (Lipinski definition) is 2. The van der Waals surface area contributed by atoms with Crippen molar-refractivity contribution in [3.05, 3.63) is 29.8 Å². The van der Waals surface area contributed by atoms with E-state index in [1.807, 2.05) is 0 Å². The summed E-state index contributed by atoms with van der Waals surface area (Å²) in [6, 6.07) is 3.86. The molecule has 1 saturated heterocycles. The highest BCUT2D eigenvalue weighted by atomic mass is 19.4. The van der Waals surface area contributed by atoms with Crippen molar-refractivity contribution in [1.29, 1.82) is 0 Å². The molecule has 0 radical (unpaired) electrons. The van der Waals surface area contributed by atoms with E-state index in [0.717, 1.165) is 29.2 Å². The first-order valence-corrected chi connectivity index (χ1v) is 5.68. The van der Waals surface area contributed by atoms with Crippen molar-refractivity contribution in [3.63, 3.8) is 0 Å². The first kappa shape index (κ1) is 14.3. The Bertz CT molecular complexity index is 556. The number of alkyl halides is 3. The van der Waals surface area contributed by atoms with E-state index in [2.05, 4.69) is 0 Å². The minimum atomic E-state index is -4.47. The summed E-state index contributed by atoms with van der Waals surface area (Å²) in [4.78, 5) is 24.0. The third-order valence-electron chi connectivity index (χ3n) is 3.21. The first-order chi connectivity index (χ1) is 9.16. The van der Waals surface area contributed by atoms with E-state index in [1.54, 1.807) is 0 Å². The Morgan fingerprint density at radius 2 is 1.85 bits per heavy atom. The molecule has 1 aliphatic rings. The number of primary amides is 1. The lowest BCUT2D eigenvalue weighted by Crippen LogP contribution is -2.50. The number of nitrogens with two attached hydrogens (primary N) is 1. The fraction of sp³-hybridized carbons (Fsp3) is 0.333. The van der Waals surface area contributed by atoms with Gasteiger partial charge in [0.25, 0.3) is 11.8 Å². The predicted octanol–water partition coefficient (Wildman–Crippen LogP) is 0.658. The van der Waals surface area contributed by atoms with Gasteiger partial charge in [0.15, 0.2) is 0 Å². The number of hydrogen-bond acceptors (Lipinski definition) is 3. The van der Waals surface area contributed by atoms with Crippen molar-refractivity contribution < 1.29 is 27.9 Å². The molecule has 0 aliphatic carbocycles.